The van der Waals surface area contributed by atoms with Crippen molar-refractivity contribution in [2.75, 3.05) is 25.2 Å². The van der Waals surface area contributed by atoms with E-state index in [0.29, 0.717) is 11.3 Å². The summed E-state index contributed by atoms with van der Waals surface area (Å²) in [5.74, 6) is -3.32. The SMILES string of the molecule is CSCCC(NC(=O)C(Cc1ccc(O)cc1)NC(=O)C(CO)NC(=O)C(N)CO)C(=O)O. The first-order chi connectivity index (χ1) is 15.6. The number of aliphatic hydroxyl groups excluding tert-OH is 2. The number of amides is 3. The van der Waals surface area contributed by atoms with Crippen LogP contribution in [0.4, 0.5) is 0 Å². The lowest BCUT2D eigenvalue weighted by Gasteiger charge is -2.24. The first-order valence-corrected chi connectivity index (χ1v) is 11.4. The van der Waals surface area contributed by atoms with Gasteiger partial charge >= 0.3 is 5.97 Å². The van der Waals surface area contributed by atoms with Gasteiger partial charge in [-0.2, -0.15) is 11.8 Å². The number of carboxylic acid groups (broad SMARTS) is 1. The molecular formula is C20H30N4O8S. The number of carboxylic acids is 1. The molecule has 9 N–H and O–H groups in total. The van der Waals surface area contributed by atoms with Gasteiger partial charge in [-0.25, -0.2) is 4.79 Å². The molecule has 0 aliphatic heterocycles. The Hall–Kier alpha value is -2.87. The fourth-order valence-electron chi connectivity index (χ4n) is 2.67. The molecule has 0 saturated carbocycles. The van der Waals surface area contributed by atoms with Gasteiger partial charge in [-0.3, -0.25) is 14.4 Å². The number of hydrogen-bond donors (Lipinski definition) is 8. The molecule has 0 saturated heterocycles. The van der Waals surface area contributed by atoms with Crippen molar-refractivity contribution >= 4 is 35.5 Å². The zero-order chi connectivity index (χ0) is 25.0. The maximum atomic E-state index is 12.9. The minimum Gasteiger partial charge on any atom is -0.508 e. The van der Waals surface area contributed by atoms with E-state index in [1.165, 1.54) is 36.0 Å². The summed E-state index contributed by atoms with van der Waals surface area (Å²) in [6.45, 7) is -1.49. The van der Waals surface area contributed by atoms with Crippen LogP contribution in [0, 0.1) is 0 Å². The Morgan fingerprint density at radius 2 is 1.45 bits per heavy atom. The van der Waals surface area contributed by atoms with Crippen molar-refractivity contribution in [3.63, 3.8) is 0 Å². The van der Waals surface area contributed by atoms with Crippen molar-refractivity contribution in [2.24, 2.45) is 5.73 Å². The van der Waals surface area contributed by atoms with E-state index < -0.39 is 61.1 Å². The lowest BCUT2D eigenvalue weighted by molar-refractivity contribution is -0.142. The summed E-state index contributed by atoms with van der Waals surface area (Å²) >= 11 is 1.41. The van der Waals surface area contributed by atoms with E-state index >= 15 is 0 Å². The fraction of sp³-hybridized carbons (Fsp3) is 0.500. The van der Waals surface area contributed by atoms with Crippen LogP contribution in [0.3, 0.4) is 0 Å². The number of carbonyl (C=O) groups is 4. The number of hydrogen-bond acceptors (Lipinski definition) is 9. The van der Waals surface area contributed by atoms with Crippen molar-refractivity contribution in [1.82, 2.24) is 16.0 Å². The van der Waals surface area contributed by atoms with E-state index in [-0.39, 0.29) is 18.6 Å². The van der Waals surface area contributed by atoms with Crippen LogP contribution >= 0.6 is 11.8 Å². The smallest absolute Gasteiger partial charge is 0.326 e. The molecule has 4 atom stereocenters. The van der Waals surface area contributed by atoms with Crippen LogP contribution in [0.2, 0.25) is 0 Å². The monoisotopic (exact) mass is 486 g/mol. The van der Waals surface area contributed by atoms with Crippen molar-refractivity contribution in [3.8, 4) is 5.75 Å². The number of benzene rings is 1. The number of aromatic hydroxyl groups is 1. The predicted molar refractivity (Wildman–Crippen MR) is 120 cm³/mol. The standard InChI is InChI=1S/C20H30N4O8S/c1-33-7-6-14(20(31)32)22-18(29)15(8-11-2-4-12(27)5-3-11)23-19(30)16(10-26)24-17(28)13(21)9-25/h2-5,13-16,25-27H,6-10,21H2,1H3,(H,22,29)(H,23,30)(H,24,28)(H,31,32). The van der Waals surface area contributed by atoms with Gasteiger partial charge in [0.15, 0.2) is 0 Å². The fourth-order valence-corrected chi connectivity index (χ4v) is 3.14. The molecule has 1 aromatic rings. The Labute approximate surface area is 194 Å². The second-order valence-corrected chi connectivity index (χ2v) is 8.13. The molecule has 1 aromatic carbocycles. The molecule has 1 rings (SSSR count). The first kappa shape index (κ1) is 28.2. The van der Waals surface area contributed by atoms with Crippen LogP contribution < -0.4 is 21.7 Å². The normalized spacial score (nSPS) is 14.4. The van der Waals surface area contributed by atoms with Crippen LogP contribution in [0.15, 0.2) is 24.3 Å². The van der Waals surface area contributed by atoms with Crippen LogP contribution in [-0.2, 0) is 25.6 Å². The van der Waals surface area contributed by atoms with Crippen LogP contribution in [0.1, 0.15) is 12.0 Å². The topological polar surface area (TPSA) is 211 Å². The van der Waals surface area contributed by atoms with Crippen molar-refractivity contribution in [1.29, 1.82) is 0 Å². The predicted octanol–water partition coefficient (Wildman–Crippen LogP) is -2.46. The highest BCUT2D eigenvalue weighted by atomic mass is 32.2. The second kappa shape index (κ2) is 14.3. The minimum absolute atomic E-state index is 0.00456. The van der Waals surface area contributed by atoms with Gasteiger partial charge in [-0.1, -0.05) is 12.1 Å². The van der Waals surface area contributed by atoms with Crippen molar-refractivity contribution < 1.29 is 39.6 Å². The number of nitrogens with one attached hydrogen (secondary N) is 3. The van der Waals surface area contributed by atoms with E-state index in [0.717, 1.165) is 0 Å². The molecule has 13 heteroatoms. The molecule has 0 fully saturated rings. The first-order valence-electron chi connectivity index (χ1n) is 10.0. The van der Waals surface area contributed by atoms with Crippen LogP contribution in [0.25, 0.3) is 0 Å². The second-order valence-electron chi connectivity index (χ2n) is 7.15. The van der Waals surface area contributed by atoms with Gasteiger partial charge in [0.2, 0.25) is 17.7 Å². The summed E-state index contributed by atoms with van der Waals surface area (Å²) in [6, 6.07) is 0.615. The molecule has 4 unspecified atom stereocenters. The molecule has 12 nitrogen and oxygen atoms in total. The van der Waals surface area contributed by atoms with Gasteiger partial charge in [0.1, 0.15) is 29.9 Å². The molecule has 0 aliphatic carbocycles. The quantitative estimate of drug-likeness (QED) is 0.139. The zero-order valence-corrected chi connectivity index (χ0v) is 18.9. The maximum Gasteiger partial charge on any atom is 0.326 e. The number of aliphatic carboxylic acids is 1. The Kier molecular flexibility index (Phi) is 12.2. The van der Waals surface area contributed by atoms with E-state index in [1.807, 2.05) is 0 Å². The molecule has 33 heavy (non-hydrogen) atoms. The highest BCUT2D eigenvalue weighted by Gasteiger charge is 2.30. The highest BCUT2D eigenvalue weighted by molar-refractivity contribution is 7.98. The number of aliphatic hydroxyl groups is 2. The summed E-state index contributed by atoms with van der Waals surface area (Å²) in [4.78, 5) is 48.9. The Morgan fingerprint density at radius 3 is 1.97 bits per heavy atom. The third-order valence-electron chi connectivity index (χ3n) is 4.58. The van der Waals surface area contributed by atoms with Gasteiger partial charge in [-0.05, 0) is 36.1 Å². The number of phenols is 1. The summed E-state index contributed by atoms with van der Waals surface area (Å²) in [6.07, 6.45) is 1.89. The molecule has 184 valence electrons. The summed E-state index contributed by atoms with van der Waals surface area (Å²) in [5, 5.41) is 44.3. The Balaban J connectivity index is 3.03. The van der Waals surface area contributed by atoms with Crippen LogP contribution in [0.5, 0.6) is 5.75 Å². The zero-order valence-electron chi connectivity index (χ0n) is 18.1. The summed E-state index contributed by atoms with van der Waals surface area (Å²) in [5.41, 5.74) is 5.94. The molecule has 0 radical (unpaired) electrons. The molecule has 0 aliphatic rings. The summed E-state index contributed by atoms with van der Waals surface area (Å²) in [7, 11) is 0. The molecular weight excluding hydrogens is 456 g/mol. The largest absolute Gasteiger partial charge is 0.508 e. The van der Waals surface area contributed by atoms with E-state index in [4.69, 9.17) is 10.8 Å². The molecule has 0 spiro atoms. The number of carbonyl (C=O) groups excluding carboxylic acids is 3. The third kappa shape index (κ3) is 9.65. The third-order valence-corrected chi connectivity index (χ3v) is 5.23. The van der Waals surface area contributed by atoms with Crippen molar-refractivity contribution in [3.05, 3.63) is 29.8 Å². The van der Waals surface area contributed by atoms with E-state index in [2.05, 4.69) is 16.0 Å². The Morgan fingerprint density at radius 1 is 0.909 bits per heavy atom. The average molecular weight is 487 g/mol. The van der Waals surface area contributed by atoms with Gasteiger partial charge in [0.25, 0.3) is 0 Å². The number of rotatable bonds is 14. The van der Waals surface area contributed by atoms with Gasteiger partial charge < -0.3 is 42.1 Å². The number of phenolic OH excluding ortho intramolecular Hbond substituents is 1. The van der Waals surface area contributed by atoms with Gasteiger partial charge in [0.05, 0.1) is 13.2 Å². The van der Waals surface area contributed by atoms with Gasteiger partial charge in [0, 0.05) is 6.42 Å². The highest BCUT2D eigenvalue weighted by Crippen LogP contribution is 2.12. The molecule has 3 amide bonds. The minimum atomic E-state index is -1.46. The van der Waals surface area contributed by atoms with E-state index in [1.54, 1.807) is 6.26 Å². The van der Waals surface area contributed by atoms with Gasteiger partial charge in [-0.15, -0.1) is 0 Å². The number of thioether (sulfide) groups is 1. The molecule has 0 aromatic heterocycles. The summed E-state index contributed by atoms with van der Waals surface area (Å²) < 4.78 is 0. The Bertz CT molecular complexity index is 808. The van der Waals surface area contributed by atoms with Crippen LogP contribution in [-0.4, -0.2) is 93.5 Å². The van der Waals surface area contributed by atoms with E-state index in [9.17, 15) is 34.5 Å². The lowest BCUT2D eigenvalue weighted by atomic mass is 10.0. The van der Waals surface area contributed by atoms with Crippen molar-refractivity contribution in [2.45, 2.75) is 37.0 Å². The maximum absolute atomic E-state index is 12.9. The average Bonchev–Trinajstić information content (AvgIpc) is 2.79. The molecule has 0 bridgehead atoms. The molecule has 0 heterocycles. The number of nitrogens with two attached hydrogens (primary N) is 1. The lowest BCUT2D eigenvalue weighted by Crippen LogP contribution is -2.58.